The summed E-state index contributed by atoms with van der Waals surface area (Å²) < 4.78 is 5.31. The predicted octanol–water partition coefficient (Wildman–Crippen LogP) is 2.18. The first kappa shape index (κ1) is 11.8. The van der Waals surface area contributed by atoms with Gasteiger partial charge in [-0.15, -0.1) is 0 Å². The molecule has 0 amide bonds. The van der Waals surface area contributed by atoms with Gasteiger partial charge in [-0.25, -0.2) is 4.79 Å². The summed E-state index contributed by atoms with van der Waals surface area (Å²) in [6.45, 7) is 5.31. The Balaban J connectivity index is 2.48. The molecule has 4 nitrogen and oxygen atoms in total. The maximum atomic E-state index is 10.7. The van der Waals surface area contributed by atoms with Crippen LogP contribution in [-0.4, -0.2) is 17.6 Å². The molecule has 15 heavy (non-hydrogen) atoms. The van der Waals surface area contributed by atoms with Crippen molar-refractivity contribution < 1.29 is 14.3 Å². The van der Waals surface area contributed by atoms with Gasteiger partial charge in [-0.05, 0) is 26.0 Å². The second-order valence-electron chi connectivity index (χ2n) is 3.52. The summed E-state index contributed by atoms with van der Waals surface area (Å²) in [4.78, 5) is 10.7. The van der Waals surface area contributed by atoms with Crippen molar-refractivity contribution in [2.75, 3.05) is 6.54 Å². The Morgan fingerprint density at radius 3 is 2.87 bits per heavy atom. The maximum absolute atomic E-state index is 10.7. The lowest BCUT2D eigenvalue weighted by Gasteiger charge is -1.99. The van der Waals surface area contributed by atoms with E-state index in [1.807, 2.05) is 0 Å². The van der Waals surface area contributed by atoms with Crippen LogP contribution in [0.1, 0.15) is 41.6 Å². The van der Waals surface area contributed by atoms with E-state index in [-0.39, 0.29) is 5.56 Å². The van der Waals surface area contributed by atoms with Gasteiger partial charge in [0, 0.05) is 0 Å². The van der Waals surface area contributed by atoms with Crippen LogP contribution in [0.3, 0.4) is 0 Å². The molecule has 0 aliphatic heterocycles. The normalized spacial score (nSPS) is 10.5. The molecule has 0 aromatic carbocycles. The summed E-state index contributed by atoms with van der Waals surface area (Å²) in [5.74, 6) is 0.215. The highest BCUT2D eigenvalue weighted by molar-refractivity contribution is 5.88. The molecule has 0 aliphatic rings. The monoisotopic (exact) mass is 211 g/mol. The summed E-state index contributed by atoms with van der Waals surface area (Å²) >= 11 is 0. The van der Waals surface area contributed by atoms with Crippen LogP contribution in [0.15, 0.2) is 10.5 Å². The molecule has 0 saturated carbocycles. The lowest BCUT2D eigenvalue weighted by molar-refractivity contribution is 0.0695. The molecule has 2 N–H and O–H groups in total. The van der Waals surface area contributed by atoms with Gasteiger partial charge in [-0.3, -0.25) is 0 Å². The predicted molar refractivity (Wildman–Crippen MR) is 57.0 cm³/mol. The summed E-state index contributed by atoms with van der Waals surface area (Å²) in [6.07, 6.45) is 2.26. The number of carboxylic acids is 1. The SMILES string of the molecule is CCCCNCc1cc(C(=O)O)c(C)o1. The lowest BCUT2D eigenvalue weighted by Crippen LogP contribution is -2.13. The number of unbranched alkanes of at least 4 members (excludes halogenated alkanes) is 1. The smallest absolute Gasteiger partial charge is 0.339 e. The van der Waals surface area contributed by atoms with Gasteiger partial charge in [0.05, 0.1) is 6.54 Å². The van der Waals surface area contributed by atoms with Gasteiger partial charge < -0.3 is 14.8 Å². The number of aromatic carboxylic acids is 1. The van der Waals surface area contributed by atoms with E-state index in [0.29, 0.717) is 18.1 Å². The van der Waals surface area contributed by atoms with Crippen molar-refractivity contribution in [2.45, 2.75) is 33.2 Å². The molecule has 0 bridgehead atoms. The molecular formula is C11H17NO3. The van der Waals surface area contributed by atoms with Gasteiger partial charge in [0.2, 0.25) is 0 Å². The number of furan rings is 1. The van der Waals surface area contributed by atoms with Crippen molar-refractivity contribution in [3.63, 3.8) is 0 Å². The molecule has 0 fully saturated rings. The number of carboxylic acid groups (broad SMARTS) is 1. The molecule has 4 heteroatoms. The Hall–Kier alpha value is -1.29. The van der Waals surface area contributed by atoms with E-state index in [2.05, 4.69) is 12.2 Å². The minimum atomic E-state index is -0.934. The standard InChI is InChI=1S/C11H17NO3/c1-3-4-5-12-7-9-6-10(11(13)14)8(2)15-9/h6,12H,3-5,7H2,1-2H3,(H,13,14). The van der Waals surface area contributed by atoms with Crippen LogP contribution in [0.5, 0.6) is 0 Å². The van der Waals surface area contributed by atoms with Crippen molar-refractivity contribution in [3.05, 3.63) is 23.2 Å². The molecule has 1 heterocycles. The van der Waals surface area contributed by atoms with E-state index in [4.69, 9.17) is 9.52 Å². The Morgan fingerprint density at radius 1 is 1.60 bits per heavy atom. The fraction of sp³-hybridized carbons (Fsp3) is 0.545. The van der Waals surface area contributed by atoms with Crippen LogP contribution in [0.25, 0.3) is 0 Å². The van der Waals surface area contributed by atoms with E-state index in [1.165, 1.54) is 0 Å². The summed E-state index contributed by atoms with van der Waals surface area (Å²) in [7, 11) is 0. The third-order valence-electron chi connectivity index (χ3n) is 2.21. The fourth-order valence-electron chi connectivity index (χ4n) is 1.36. The Bertz CT molecular complexity index is 331. The first-order valence-electron chi connectivity index (χ1n) is 5.18. The van der Waals surface area contributed by atoms with Crippen LogP contribution in [0, 0.1) is 6.92 Å². The Morgan fingerprint density at radius 2 is 2.33 bits per heavy atom. The van der Waals surface area contributed by atoms with E-state index in [1.54, 1.807) is 13.0 Å². The lowest BCUT2D eigenvalue weighted by atomic mass is 10.2. The van der Waals surface area contributed by atoms with Crippen molar-refractivity contribution in [3.8, 4) is 0 Å². The minimum absolute atomic E-state index is 0.252. The van der Waals surface area contributed by atoms with E-state index >= 15 is 0 Å². The first-order chi connectivity index (χ1) is 7.15. The second kappa shape index (κ2) is 5.56. The maximum Gasteiger partial charge on any atom is 0.339 e. The molecular weight excluding hydrogens is 194 g/mol. The quantitative estimate of drug-likeness (QED) is 0.708. The van der Waals surface area contributed by atoms with Crippen molar-refractivity contribution in [1.29, 1.82) is 0 Å². The molecule has 0 spiro atoms. The van der Waals surface area contributed by atoms with Crippen LogP contribution >= 0.6 is 0 Å². The Labute approximate surface area is 89.3 Å². The molecule has 0 unspecified atom stereocenters. The van der Waals surface area contributed by atoms with Crippen LogP contribution in [0.4, 0.5) is 0 Å². The number of hydrogen-bond acceptors (Lipinski definition) is 3. The number of aryl methyl sites for hydroxylation is 1. The second-order valence-corrected chi connectivity index (χ2v) is 3.52. The van der Waals surface area contributed by atoms with Crippen molar-refractivity contribution >= 4 is 5.97 Å². The largest absolute Gasteiger partial charge is 0.478 e. The van der Waals surface area contributed by atoms with Gasteiger partial charge in [-0.2, -0.15) is 0 Å². The molecule has 1 aromatic heterocycles. The zero-order valence-corrected chi connectivity index (χ0v) is 9.17. The number of hydrogen-bond donors (Lipinski definition) is 2. The molecule has 1 rings (SSSR count). The number of rotatable bonds is 6. The summed E-state index contributed by atoms with van der Waals surface area (Å²) in [6, 6.07) is 1.58. The molecule has 0 saturated heterocycles. The van der Waals surface area contributed by atoms with Crippen LogP contribution in [0.2, 0.25) is 0 Å². The van der Waals surface area contributed by atoms with Gasteiger partial charge in [-0.1, -0.05) is 13.3 Å². The summed E-state index contributed by atoms with van der Waals surface area (Å²) in [5, 5.41) is 12.0. The Kier molecular flexibility index (Phi) is 4.37. The van der Waals surface area contributed by atoms with Gasteiger partial charge in [0.1, 0.15) is 17.1 Å². The average molecular weight is 211 g/mol. The number of carbonyl (C=O) groups is 1. The third kappa shape index (κ3) is 3.40. The van der Waals surface area contributed by atoms with Crippen molar-refractivity contribution in [2.24, 2.45) is 0 Å². The average Bonchev–Trinajstić information content (AvgIpc) is 2.55. The van der Waals surface area contributed by atoms with Gasteiger partial charge in [0.25, 0.3) is 0 Å². The zero-order valence-electron chi connectivity index (χ0n) is 9.17. The van der Waals surface area contributed by atoms with Gasteiger partial charge in [0.15, 0.2) is 0 Å². The highest BCUT2D eigenvalue weighted by Crippen LogP contribution is 2.14. The molecule has 84 valence electrons. The highest BCUT2D eigenvalue weighted by Gasteiger charge is 2.12. The zero-order chi connectivity index (χ0) is 11.3. The minimum Gasteiger partial charge on any atom is -0.478 e. The van der Waals surface area contributed by atoms with Crippen molar-refractivity contribution in [1.82, 2.24) is 5.32 Å². The summed E-state index contributed by atoms with van der Waals surface area (Å²) in [5.41, 5.74) is 0.252. The van der Waals surface area contributed by atoms with E-state index < -0.39 is 5.97 Å². The highest BCUT2D eigenvalue weighted by atomic mass is 16.4. The molecule has 0 aliphatic carbocycles. The molecule has 1 aromatic rings. The van der Waals surface area contributed by atoms with E-state index in [0.717, 1.165) is 19.4 Å². The number of nitrogens with one attached hydrogen (secondary N) is 1. The van der Waals surface area contributed by atoms with Gasteiger partial charge >= 0.3 is 5.97 Å². The molecule has 0 radical (unpaired) electrons. The third-order valence-corrected chi connectivity index (χ3v) is 2.21. The topological polar surface area (TPSA) is 62.5 Å². The first-order valence-corrected chi connectivity index (χ1v) is 5.18. The van der Waals surface area contributed by atoms with Crippen LogP contribution in [-0.2, 0) is 6.54 Å². The fourth-order valence-corrected chi connectivity index (χ4v) is 1.36. The van der Waals surface area contributed by atoms with E-state index in [9.17, 15) is 4.79 Å². The molecule has 0 atom stereocenters. The van der Waals surface area contributed by atoms with Crippen LogP contribution < -0.4 is 5.32 Å².